The van der Waals surface area contributed by atoms with Gasteiger partial charge in [0.1, 0.15) is 12.4 Å². The minimum Gasteiger partial charge on any atom is -0.492 e. The van der Waals surface area contributed by atoms with Crippen LogP contribution in [-0.2, 0) is 4.79 Å². The summed E-state index contributed by atoms with van der Waals surface area (Å²) in [4.78, 5) is 13.4. The number of carbonyl (C=O) groups excluding carboxylic acids is 1. The number of halogens is 1. The number of carbonyl (C=O) groups is 1. The van der Waals surface area contributed by atoms with E-state index in [4.69, 9.17) is 4.74 Å². The molecule has 1 aromatic rings. The summed E-state index contributed by atoms with van der Waals surface area (Å²) in [5.74, 6) is 0.848. The molecule has 0 unspecified atom stereocenters. The molecule has 5 heteroatoms. The Morgan fingerprint density at radius 2 is 2.06 bits per heavy atom. The number of hydrogen-bond donors (Lipinski definition) is 1. The lowest BCUT2D eigenvalue weighted by molar-refractivity contribution is -0.125. The van der Waals surface area contributed by atoms with Crippen molar-refractivity contribution in [3.63, 3.8) is 0 Å². The highest BCUT2D eigenvalue weighted by Gasteiger charge is 2.15. The summed E-state index contributed by atoms with van der Waals surface area (Å²) in [6.45, 7) is 3.13. The molecule has 1 rings (SSSR count). The molecule has 18 heavy (non-hydrogen) atoms. The fraction of sp³-hybridized carbons (Fsp3) is 0.462. The van der Waals surface area contributed by atoms with Crippen LogP contribution in [0.3, 0.4) is 0 Å². The van der Waals surface area contributed by atoms with Gasteiger partial charge < -0.3 is 10.1 Å². The number of amides is 1. The van der Waals surface area contributed by atoms with E-state index >= 15 is 0 Å². The van der Waals surface area contributed by atoms with E-state index in [0.29, 0.717) is 13.2 Å². The third-order valence-corrected chi connectivity index (χ3v) is 3.34. The zero-order chi connectivity index (χ0) is 13.5. The Labute approximate surface area is 116 Å². The van der Waals surface area contributed by atoms with Gasteiger partial charge in [-0.1, -0.05) is 15.9 Å². The van der Waals surface area contributed by atoms with Crippen molar-refractivity contribution in [1.82, 2.24) is 10.2 Å². The molecule has 0 saturated heterocycles. The van der Waals surface area contributed by atoms with E-state index in [1.54, 1.807) is 7.05 Å². The SMILES string of the molecule is CNC(=O)[C@@H](C)N(C)CCOc1ccc(Br)cc1. The van der Waals surface area contributed by atoms with Crippen LogP contribution in [0.4, 0.5) is 0 Å². The molecule has 0 fully saturated rings. The lowest BCUT2D eigenvalue weighted by Crippen LogP contribution is -2.43. The fourth-order valence-corrected chi connectivity index (χ4v) is 1.71. The van der Waals surface area contributed by atoms with Crippen LogP contribution >= 0.6 is 15.9 Å². The van der Waals surface area contributed by atoms with Crippen molar-refractivity contribution in [3.05, 3.63) is 28.7 Å². The van der Waals surface area contributed by atoms with Gasteiger partial charge in [-0.05, 0) is 38.2 Å². The second-order valence-corrected chi connectivity index (χ2v) is 4.99. The maximum atomic E-state index is 11.4. The van der Waals surface area contributed by atoms with Crippen molar-refractivity contribution in [2.75, 3.05) is 27.2 Å². The van der Waals surface area contributed by atoms with Crippen molar-refractivity contribution in [2.24, 2.45) is 0 Å². The lowest BCUT2D eigenvalue weighted by atomic mass is 10.3. The first kappa shape index (κ1) is 15.0. The summed E-state index contributed by atoms with van der Waals surface area (Å²) in [5, 5.41) is 2.63. The second kappa shape index (κ2) is 7.38. The van der Waals surface area contributed by atoms with Crippen LogP contribution in [0.25, 0.3) is 0 Å². The number of rotatable bonds is 6. The third kappa shape index (κ3) is 4.66. The van der Waals surface area contributed by atoms with Gasteiger partial charge in [0.15, 0.2) is 0 Å². The van der Waals surface area contributed by atoms with Crippen LogP contribution in [-0.4, -0.2) is 44.1 Å². The predicted molar refractivity (Wildman–Crippen MR) is 75.8 cm³/mol. The Morgan fingerprint density at radius 3 is 2.61 bits per heavy atom. The zero-order valence-corrected chi connectivity index (χ0v) is 12.5. The average molecular weight is 315 g/mol. The Balaban J connectivity index is 2.33. The smallest absolute Gasteiger partial charge is 0.236 e. The third-order valence-electron chi connectivity index (χ3n) is 2.81. The van der Waals surface area contributed by atoms with Gasteiger partial charge in [-0.15, -0.1) is 0 Å². The van der Waals surface area contributed by atoms with E-state index in [0.717, 1.165) is 10.2 Å². The molecular formula is C13H19BrN2O2. The first-order valence-corrected chi connectivity index (χ1v) is 6.64. The Bertz CT molecular complexity index is 381. The molecule has 0 aliphatic heterocycles. The topological polar surface area (TPSA) is 41.6 Å². The van der Waals surface area contributed by atoms with Crippen LogP contribution in [0.1, 0.15) is 6.92 Å². The zero-order valence-electron chi connectivity index (χ0n) is 10.9. The highest BCUT2D eigenvalue weighted by molar-refractivity contribution is 9.10. The van der Waals surface area contributed by atoms with Gasteiger partial charge >= 0.3 is 0 Å². The number of nitrogens with zero attached hydrogens (tertiary/aromatic N) is 1. The summed E-state index contributed by atoms with van der Waals surface area (Å²) in [7, 11) is 3.55. The van der Waals surface area contributed by atoms with Gasteiger partial charge in [-0.2, -0.15) is 0 Å². The molecule has 4 nitrogen and oxygen atoms in total. The number of nitrogens with one attached hydrogen (secondary N) is 1. The molecule has 100 valence electrons. The van der Waals surface area contributed by atoms with Crippen molar-refractivity contribution in [1.29, 1.82) is 0 Å². The lowest BCUT2D eigenvalue weighted by Gasteiger charge is -2.23. The highest BCUT2D eigenvalue weighted by Crippen LogP contribution is 2.15. The van der Waals surface area contributed by atoms with Crippen molar-refractivity contribution in [3.8, 4) is 5.75 Å². The van der Waals surface area contributed by atoms with E-state index in [-0.39, 0.29) is 11.9 Å². The van der Waals surface area contributed by atoms with Gasteiger partial charge in [-0.3, -0.25) is 9.69 Å². The molecule has 0 spiro atoms. The molecule has 1 amide bonds. The molecule has 0 aliphatic rings. The molecule has 1 atom stereocenters. The van der Waals surface area contributed by atoms with Crippen LogP contribution in [0, 0.1) is 0 Å². The fourth-order valence-electron chi connectivity index (χ4n) is 1.44. The number of ether oxygens (including phenoxy) is 1. The van der Waals surface area contributed by atoms with E-state index < -0.39 is 0 Å². The predicted octanol–water partition coefficient (Wildman–Crippen LogP) is 1.89. The number of likely N-dealkylation sites (N-methyl/N-ethyl adjacent to an activating group) is 2. The monoisotopic (exact) mass is 314 g/mol. The molecule has 0 heterocycles. The van der Waals surface area contributed by atoms with Crippen LogP contribution in [0.5, 0.6) is 5.75 Å². The number of hydrogen-bond acceptors (Lipinski definition) is 3. The summed E-state index contributed by atoms with van der Waals surface area (Å²) in [5.41, 5.74) is 0. The first-order chi connectivity index (χ1) is 8.54. The Hall–Kier alpha value is -1.07. The van der Waals surface area contributed by atoms with Crippen molar-refractivity contribution in [2.45, 2.75) is 13.0 Å². The van der Waals surface area contributed by atoms with E-state index in [1.165, 1.54) is 0 Å². The van der Waals surface area contributed by atoms with Gasteiger partial charge in [0.25, 0.3) is 0 Å². The van der Waals surface area contributed by atoms with Crippen LogP contribution in [0.2, 0.25) is 0 Å². The average Bonchev–Trinajstić information content (AvgIpc) is 2.39. The summed E-state index contributed by atoms with van der Waals surface area (Å²) < 4.78 is 6.63. The standard InChI is InChI=1S/C13H19BrN2O2/c1-10(13(17)15-2)16(3)8-9-18-12-6-4-11(14)5-7-12/h4-7,10H,8-9H2,1-3H3,(H,15,17)/t10-/m1/s1. The maximum Gasteiger partial charge on any atom is 0.236 e. The van der Waals surface area contributed by atoms with E-state index in [9.17, 15) is 4.79 Å². The second-order valence-electron chi connectivity index (χ2n) is 4.07. The molecule has 1 aromatic carbocycles. The van der Waals surface area contributed by atoms with Crippen LogP contribution in [0.15, 0.2) is 28.7 Å². The first-order valence-electron chi connectivity index (χ1n) is 5.84. The van der Waals surface area contributed by atoms with Gasteiger partial charge in [0, 0.05) is 18.1 Å². The summed E-state index contributed by atoms with van der Waals surface area (Å²) in [6, 6.07) is 7.54. The summed E-state index contributed by atoms with van der Waals surface area (Å²) in [6.07, 6.45) is 0. The molecule has 0 aromatic heterocycles. The molecule has 0 aliphatic carbocycles. The van der Waals surface area contributed by atoms with Crippen molar-refractivity contribution >= 4 is 21.8 Å². The normalized spacial score (nSPS) is 12.3. The molecule has 0 bridgehead atoms. The summed E-state index contributed by atoms with van der Waals surface area (Å²) >= 11 is 3.37. The van der Waals surface area contributed by atoms with Gasteiger partial charge in [0.05, 0.1) is 6.04 Å². The van der Waals surface area contributed by atoms with Crippen molar-refractivity contribution < 1.29 is 9.53 Å². The maximum absolute atomic E-state index is 11.4. The number of benzene rings is 1. The van der Waals surface area contributed by atoms with E-state index in [1.807, 2.05) is 43.1 Å². The van der Waals surface area contributed by atoms with Gasteiger partial charge in [0.2, 0.25) is 5.91 Å². The molecule has 1 N–H and O–H groups in total. The van der Waals surface area contributed by atoms with Gasteiger partial charge in [-0.25, -0.2) is 0 Å². The molecule has 0 radical (unpaired) electrons. The largest absolute Gasteiger partial charge is 0.492 e. The molecule has 0 saturated carbocycles. The highest BCUT2D eigenvalue weighted by atomic mass is 79.9. The minimum absolute atomic E-state index is 0.0149. The Kier molecular flexibility index (Phi) is 6.15. The Morgan fingerprint density at radius 1 is 1.44 bits per heavy atom. The molecular weight excluding hydrogens is 296 g/mol. The van der Waals surface area contributed by atoms with E-state index in [2.05, 4.69) is 21.2 Å². The quantitative estimate of drug-likeness (QED) is 0.872. The van der Waals surface area contributed by atoms with Crippen LogP contribution < -0.4 is 10.1 Å². The minimum atomic E-state index is -0.150.